The minimum absolute atomic E-state index is 0.117. The number of rotatable bonds is 5. The second kappa shape index (κ2) is 12.6. The first-order valence-electron chi connectivity index (χ1n) is 10.7. The van der Waals surface area contributed by atoms with E-state index in [-0.39, 0.29) is 12.7 Å². The first-order chi connectivity index (χ1) is 14.0. The average Bonchev–Trinajstić information content (AvgIpc) is 3.42. The summed E-state index contributed by atoms with van der Waals surface area (Å²) >= 11 is 0. The van der Waals surface area contributed by atoms with Crippen molar-refractivity contribution >= 4 is 12.1 Å². The number of esters is 1. The SMILES string of the molecule is C=C/C=C(/C)C=C.CC1CC(CC2CC2)COC[C@H](NC(=O)OC(C)(C)C)C(=O)O1. The van der Waals surface area contributed by atoms with Crippen LogP contribution in [0.3, 0.4) is 0 Å². The second-order valence-electron chi connectivity index (χ2n) is 9.12. The Morgan fingerprint density at radius 3 is 2.40 bits per heavy atom. The minimum Gasteiger partial charge on any atom is -0.461 e. The van der Waals surface area contributed by atoms with Crippen molar-refractivity contribution < 1.29 is 23.8 Å². The Kier molecular flexibility index (Phi) is 10.9. The summed E-state index contributed by atoms with van der Waals surface area (Å²) in [5.74, 6) is 0.754. The Bertz CT molecular complexity index is 616. The lowest BCUT2D eigenvalue weighted by atomic mass is 9.97. The number of alkyl carbamates (subject to hydrolysis) is 1. The van der Waals surface area contributed by atoms with Gasteiger partial charge in [-0.3, -0.25) is 0 Å². The molecule has 0 aromatic carbocycles. The molecule has 1 N–H and O–H groups in total. The highest BCUT2D eigenvalue weighted by molar-refractivity contribution is 5.81. The molecule has 1 heterocycles. The first kappa shape index (κ1) is 26.0. The molecule has 1 saturated carbocycles. The van der Waals surface area contributed by atoms with Crippen molar-refractivity contribution in [2.24, 2.45) is 11.8 Å². The molecule has 2 fully saturated rings. The number of hydrogen-bond acceptors (Lipinski definition) is 5. The van der Waals surface area contributed by atoms with E-state index >= 15 is 0 Å². The van der Waals surface area contributed by atoms with E-state index in [9.17, 15) is 9.59 Å². The number of cyclic esters (lactones) is 1. The van der Waals surface area contributed by atoms with Gasteiger partial charge in [0.1, 0.15) is 5.60 Å². The zero-order valence-corrected chi connectivity index (χ0v) is 19.2. The van der Waals surface area contributed by atoms with Gasteiger partial charge < -0.3 is 19.5 Å². The molecule has 1 saturated heterocycles. The smallest absolute Gasteiger partial charge is 0.408 e. The Morgan fingerprint density at radius 2 is 1.90 bits per heavy atom. The maximum atomic E-state index is 12.2. The van der Waals surface area contributed by atoms with E-state index < -0.39 is 23.7 Å². The van der Waals surface area contributed by atoms with Crippen molar-refractivity contribution in [3.63, 3.8) is 0 Å². The fourth-order valence-corrected chi connectivity index (χ4v) is 3.08. The molecule has 6 heteroatoms. The van der Waals surface area contributed by atoms with Crippen molar-refractivity contribution in [1.82, 2.24) is 5.32 Å². The quantitative estimate of drug-likeness (QED) is 0.502. The molecule has 0 aromatic heterocycles. The summed E-state index contributed by atoms with van der Waals surface area (Å²) in [5.41, 5.74) is 0.533. The molecule has 3 atom stereocenters. The molecule has 6 nitrogen and oxygen atoms in total. The van der Waals surface area contributed by atoms with Crippen molar-refractivity contribution in [2.45, 2.75) is 78.0 Å². The first-order valence-corrected chi connectivity index (χ1v) is 10.7. The van der Waals surface area contributed by atoms with E-state index in [0.29, 0.717) is 12.5 Å². The topological polar surface area (TPSA) is 73.9 Å². The summed E-state index contributed by atoms with van der Waals surface area (Å²) < 4.78 is 16.3. The highest BCUT2D eigenvalue weighted by Gasteiger charge is 2.32. The molecule has 0 aromatic rings. The van der Waals surface area contributed by atoms with E-state index in [1.54, 1.807) is 32.9 Å². The fraction of sp³-hybridized carbons (Fsp3) is 0.667. The van der Waals surface area contributed by atoms with Crippen molar-refractivity contribution in [1.29, 1.82) is 0 Å². The standard InChI is InChI=1S/C17H29NO5.C7H10/c1-11-7-13(8-12-5-6-12)9-21-10-14(15(19)22-11)18-16(20)23-17(2,3)4;1-4-6-7(3)5-2/h11-14H,5-10H2,1-4H3,(H,18,20);4-6H,1-2H2,3H3/b;7-6-/t11?,13?,14-;/m0./s1. The number of allylic oxidation sites excluding steroid dienone is 4. The van der Waals surface area contributed by atoms with Crippen LogP contribution >= 0.6 is 0 Å². The molecule has 1 aliphatic heterocycles. The summed E-state index contributed by atoms with van der Waals surface area (Å²) in [7, 11) is 0. The number of nitrogens with one attached hydrogen (secondary N) is 1. The van der Waals surface area contributed by atoms with Crippen LogP contribution in [0.1, 0.15) is 60.3 Å². The second-order valence-corrected chi connectivity index (χ2v) is 9.12. The Hall–Kier alpha value is -2.08. The van der Waals surface area contributed by atoms with E-state index in [1.165, 1.54) is 12.8 Å². The van der Waals surface area contributed by atoms with Gasteiger partial charge in [-0.25, -0.2) is 9.59 Å². The van der Waals surface area contributed by atoms with Crippen LogP contribution in [0.15, 0.2) is 37.0 Å². The van der Waals surface area contributed by atoms with Gasteiger partial charge in [0, 0.05) is 6.61 Å². The van der Waals surface area contributed by atoms with E-state index in [2.05, 4.69) is 18.5 Å². The third kappa shape index (κ3) is 11.8. The molecule has 2 rings (SSSR count). The summed E-state index contributed by atoms with van der Waals surface area (Å²) in [5, 5.41) is 2.55. The van der Waals surface area contributed by atoms with Crippen molar-refractivity contribution in [2.75, 3.05) is 13.2 Å². The highest BCUT2D eigenvalue weighted by atomic mass is 16.6. The van der Waals surface area contributed by atoms with Crippen LogP contribution in [0.5, 0.6) is 0 Å². The number of ether oxygens (including phenoxy) is 3. The Morgan fingerprint density at radius 1 is 1.23 bits per heavy atom. The summed E-state index contributed by atoms with van der Waals surface area (Å²) in [6.07, 6.45) is 9.18. The largest absolute Gasteiger partial charge is 0.461 e. The molecule has 30 heavy (non-hydrogen) atoms. The van der Waals surface area contributed by atoms with Gasteiger partial charge in [0.25, 0.3) is 0 Å². The maximum Gasteiger partial charge on any atom is 0.408 e. The predicted molar refractivity (Wildman–Crippen MR) is 119 cm³/mol. The molecule has 2 unspecified atom stereocenters. The maximum absolute atomic E-state index is 12.2. The molecule has 0 spiro atoms. The van der Waals surface area contributed by atoms with Crippen molar-refractivity contribution in [3.8, 4) is 0 Å². The van der Waals surface area contributed by atoms with Crippen LogP contribution in [-0.2, 0) is 19.0 Å². The lowest BCUT2D eigenvalue weighted by molar-refractivity contribution is -0.151. The van der Waals surface area contributed by atoms with Gasteiger partial charge in [0.05, 0.1) is 12.7 Å². The zero-order chi connectivity index (χ0) is 22.7. The van der Waals surface area contributed by atoms with Crippen LogP contribution in [-0.4, -0.2) is 43.0 Å². The monoisotopic (exact) mass is 421 g/mol. The van der Waals surface area contributed by atoms with Crippen LogP contribution < -0.4 is 5.32 Å². The van der Waals surface area contributed by atoms with Gasteiger partial charge >= 0.3 is 12.1 Å². The zero-order valence-electron chi connectivity index (χ0n) is 19.2. The van der Waals surface area contributed by atoms with Gasteiger partial charge in [0.15, 0.2) is 6.04 Å². The van der Waals surface area contributed by atoms with Crippen LogP contribution in [0, 0.1) is 11.8 Å². The molecule has 1 aliphatic carbocycles. The van der Waals surface area contributed by atoms with Crippen LogP contribution in [0.2, 0.25) is 0 Å². The third-order valence-corrected chi connectivity index (χ3v) is 4.66. The van der Waals surface area contributed by atoms with Gasteiger partial charge in [0.2, 0.25) is 0 Å². The Labute approximate surface area is 181 Å². The van der Waals surface area contributed by atoms with E-state index in [4.69, 9.17) is 14.2 Å². The van der Waals surface area contributed by atoms with Gasteiger partial charge in [-0.05, 0) is 59.3 Å². The molecule has 1 amide bonds. The number of amides is 1. The average molecular weight is 422 g/mol. The fourth-order valence-electron chi connectivity index (χ4n) is 3.08. The summed E-state index contributed by atoms with van der Waals surface area (Å²) in [6, 6.07) is -0.827. The Balaban J connectivity index is 0.000000553. The molecular weight excluding hydrogens is 382 g/mol. The van der Waals surface area contributed by atoms with Gasteiger partial charge in [-0.2, -0.15) is 0 Å². The van der Waals surface area contributed by atoms with Gasteiger partial charge in [-0.1, -0.05) is 49.8 Å². The molecule has 0 radical (unpaired) electrons. The number of hydrogen-bond donors (Lipinski definition) is 1. The molecule has 170 valence electrons. The summed E-state index contributed by atoms with van der Waals surface area (Å²) in [4.78, 5) is 24.1. The summed E-state index contributed by atoms with van der Waals surface area (Å²) in [6.45, 7) is 17.0. The minimum atomic E-state index is -0.827. The van der Waals surface area contributed by atoms with Crippen LogP contribution in [0.25, 0.3) is 0 Å². The third-order valence-electron chi connectivity index (χ3n) is 4.66. The lowest BCUT2D eigenvalue weighted by Gasteiger charge is -2.23. The van der Waals surface area contributed by atoms with Crippen LogP contribution in [0.4, 0.5) is 4.79 Å². The highest BCUT2D eigenvalue weighted by Crippen LogP contribution is 2.37. The van der Waals surface area contributed by atoms with E-state index in [1.807, 2.05) is 19.9 Å². The molecule has 2 aliphatic rings. The van der Waals surface area contributed by atoms with E-state index in [0.717, 1.165) is 24.3 Å². The molecule has 0 bridgehead atoms. The predicted octanol–water partition coefficient (Wildman–Crippen LogP) is 4.95. The molecular formula is C24H39NO5. The lowest BCUT2D eigenvalue weighted by Crippen LogP contribution is -2.47. The number of carbonyl (C=O) groups is 2. The van der Waals surface area contributed by atoms with Gasteiger partial charge in [-0.15, -0.1) is 0 Å². The normalized spacial score (nSPS) is 25.3. The van der Waals surface area contributed by atoms with Crippen molar-refractivity contribution in [3.05, 3.63) is 37.0 Å². The number of carbonyl (C=O) groups excluding carboxylic acids is 2.